The van der Waals surface area contributed by atoms with Crippen molar-refractivity contribution in [2.24, 2.45) is 0 Å². The van der Waals surface area contributed by atoms with Crippen molar-refractivity contribution in [1.29, 1.82) is 0 Å². The lowest BCUT2D eigenvalue weighted by Gasteiger charge is -2.11. The van der Waals surface area contributed by atoms with Crippen LogP contribution in [-0.2, 0) is 23.7 Å². The van der Waals surface area contributed by atoms with E-state index in [2.05, 4.69) is 5.32 Å². The zero-order chi connectivity index (χ0) is 15.7. The van der Waals surface area contributed by atoms with Gasteiger partial charge < -0.3 is 5.32 Å². The second-order valence-corrected chi connectivity index (χ2v) is 9.27. The van der Waals surface area contributed by atoms with Crippen molar-refractivity contribution in [3.8, 4) is 0 Å². The highest BCUT2D eigenvalue weighted by atomic mass is 35.7. The van der Waals surface area contributed by atoms with Gasteiger partial charge in [0.05, 0.1) is 15.6 Å². The fraction of sp³-hybridized carbons (Fsp3) is 0.300. The second kappa shape index (κ2) is 5.88. The predicted molar refractivity (Wildman–Crippen MR) is 77.6 cm³/mol. The number of amides is 1. The smallest absolute Gasteiger partial charge is 0.261 e. The fourth-order valence-corrected chi connectivity index (χ4v) is 3.20. The van der Waals surface area contributed by atoms with Gasteiger partial charge in [0.15, 0.2) is 9.84 Å². The van der Waals surface area contributed by atoms with Crippen LogP contribution in [0.1, 0.15) is 5.56 Å². The normalized spacial score (nSPS) is 12.2. The van der Waals surface area contributed by atoms with Crippen molar-refractivity contribution in [1.82, 2.24) is 0 Å². The van der Waals surface area contributed by atoms with E-state index in [4.69, 9.17) is 22.3 Å². The maximum atomic E-state index is 11.5. The molecule has 1 aromatic carbocycles. The van der Waals surface area contributed by atoms with Gasteiger partial charge in [-0.25, -0.2) is 16.8 Å². The number of nitrogens with one attached hydrogen (secondary N) is 1. The van der Waals surface area contributed by atoms with Crippen molar-refractivity contribution in [2.45, 2.75) is 11.8 Å². The van der Waals surface area contributed by atoms with E-state index in [1.165, 1.54) is 13.0 Å². The number of rotatable bonds is 4. The predicted octanol–water partition coefficient (Wildman–Crippen LogP) is 1.56. The molecule has 0 fully saturated rings. The first-order chi connectivity index (χ1) is 8.90. The minimum absolute atomic E-state index is 0.0499. The maximum absolute atomic E-state index is 11.5. The van der Waals surface area contributed by atoms with Gasteiger partial charge in [-0.05, 0) is 24.6 Å². The molecule has 0 aliphatic carbocycles. The molecule has 0 heterocycles. The van der Waals surface area contributed by atoms with Gasteiger partial charge >= 0.3 is 0 Å². The number of carbonyl (C=O) groups excluding carboxylic acids is 1. The van der Waals surface area contributed by atoms with Crippen LogP contribution in [-0.4, -0.2) is 34.8 Å². The van der Waals surface area contributed by atoms with E-state index in [9.17, 15) is 21.6 Å². The highest BCUT2D eigenvalue weighted by Crippen LogP contribution is 2.30. The fourth-order valence-electron chi connectivity index (χ4n) is 1.43. The number of sulfone groups is 1. The molecule has 0 unspecified atom stereocenters. The molecule has 0 aliphatic heterocycles. The monoisotopic (exact) mass is 359 g/mol. The number of hydrogen-bond donors (Lipinski definition) is 1. The van der Waals surface area contributed by atoms with E-state index < -0.39 is 30.5 Å². The Balaban J connectivity index is 3.13. The third-order valence-corrected chi connectivity index (χ3v) is 4.62. The van der Waals surface area contributed by atoms with Crippen LogP contribution < -0.4 is 5.32 Å². The topological polar surface area (TPSA) is 97.4 Å². The first-order valence-corrected chi connectivity index (χ1v) is 9.87. The summed E-state index contributed by atoms with van der Waals surface area (Å²) in [4.78, 5) is 11.3. The SMILES string of the molecule is Cc1cc(S(=O)(=O)Cl)cc(Cl)c1NC(=O)CS(C)(=O)=O. The quantitative estimate of drug-likeness (QED) is 0.822. The Hall–Kier alpha value is -0.830. The highest BCUT2D eigenvalue weighted by Gasteiger charge is 2.18. The molecule has 1 N–H and O–H groups in total. The minimum Gasteiger partial charge on any atom is -0.324 e. The Bertz CT molecular complexity index is 733. The van der Waals surface area contributed by atoms with Crippen molar-refractivity contribution in [3.63, 3.8) is 0 Å². The Morgan fingerprint density at radius 2 is 1.80 bits per heavy atom. The lowest BCUT2D eigenvalue weighted by atomic mass is 10.2. The van der Waals surface area contributed by atoms with Gasteiger partial charge in [0.2, 0.25) is 5.91 Å². The molecule has 0 aromatic heterocycles. The van der Waals surface area contributed by atoms with E-state index in [1.807, 2.05) is 0 Å². The molecule has 0 saturated heterocycles. The van der Waals surface area contributed by atoms with Gasteiger partial charge in [-0.15, -0.1) is 0 Å². The first-order valence-electron chi connectivity index (χ1n) is 5.12. The molecular formula is C10H11Cl2NO5S2. The average molecular weight is 360 g/mol. The number of halogens is 2. The second-order valence-electron chi connectivity index (χ2n) is 4.15. The summed E-state index contributed by atoms with van der Waals surface area (Å²) >= 11 is 5.87. The van der Waals surface area contributed by atoms with Gasteiger partial charge in [-0.1, -0.05) is 11.6 Å². The minimum atomic E-state index is -3.94. The van der Waals surface area contributed by atoms with E-state index in [0.717, 1.165) is 12.3 Å². The Labute approximate surface area is 126 Å². The molecule has 1 amide bonds. The summed E-state index contributed by atoms with van der Waals surface area (Å²) in [6, 6.07) is 2.30. The third-order valence-electron chi connectivity index (χ3n) is 2.20. The van der Waals surface area contributed by atoms with Crippen molar-refractivity contribution in [2.75, 3.05) is 17.3 Å². The standard InChI is InChI=1S/C10H11Cl2NO5S2/c1-6-3-7(20(12,17)18)4-8(11)10(6)13-9(14)5-19(2,15)16/h3-4H,5H2,1-2H3,(H,13,14). The number of benzene rings is 1. The number of aryl methyl sites for hydroxylation is 1. The van der Waals surface area contributed by atoms with Gasteiger partial charge in [0.1, 0.15) is 5.75 Å². The van der Waals surface area contributed by atoms with Gasteiger partial charge in [0, 0.05) is 16.9 Å². The van der Waals surface area contributed by atoms with Crippen molar-refractivity contribution in [3.05, 3.63) is 22.7 Å². The van der Waals surface area contributed by atoms with Gasteiger partial charge in [0.25, 0.3) is 9.05 Å². The van der Waals surface area contributed by atoms with E-state index >= 15 is 0 Å². The molecule has 0 saturated carbocycles. The molecule has 6 nitrogen and oxygen atoms in total. The third kappa shape index (κ3) is 4.93. The highest BCUT2D eigenvalue weighted by molar-refractivity contribution is 8.13. The van der Waals surface area contributed by atoms with E-state index in [-0.39, 0.29) is 15.6 Å². The number of hydrogen-bond acceptors (Lipinski definition) is 5. The summed E-state index contributed by atoms with van der Waals surface area (Å²) in [5.41, 5.74) is 0.489. The molecule has 20 heavy (non-hydrogen) atoms. The van der Waals surface area contributed by atoms with Gasteiger partial charge in [-0.3, -0.25) is 4.79 Å². The van der Waals surface area contributed by atoms with Crippen LogP contribution >= 0.6 is 22.3 Å². The zero-order valence-electron chi connectivity index (χ0n) is 10.5. The molecule has 0 atom stereocenters. The van der Waals surface area contributed by atoms with Crippen LogP contribution in [0.2, 0.25) is 5.02 Å². The van der Waals surface area contributed by atoms with Crippen LogP contribution in [0.4, 0.5) is 5.69 Å². The van der Waals surface area contributed by atoms with Crippen LogP contribution in [0.25, 0.3) is 0 Å². The Kier molecular flexibility index (Phi) is 5.07. The summed E-state index contributed by atoms with van der Waals surface area (Å²) in [5, 5.41) is 2.28. The van der Waals surface area contributed by atoms with Crippen LogP contribution in [0.3, 0.4) is 0 Å². The number of carbonyl (C=O) groups is 1. The van der Waals surface area contributed by atoms with Crippen molar-refractivity contribution >= 4 is 52.8 Å². The molecule has 0 aliphatic rings. The lowest BCUT2D eigenvalue weighted by Crippen LogP contribution is -2.22. The zero-order valence-corrected chi connectivity index (χ0v) is 13.6. The number of anilines is 1. The molecule has 1 rings (SSSR count). The molecule has 10 heteroatoms. The molecule has 0 bridgehead atoms. The summed E-state index contributed by atoms with van der Waals surface area (Å²) in [6.07, 6.45) is 0.921. The largest absolute Gasteiger partial charge is 0.324 e. The molecular weight excluding hydrogens is 349 g/mol. The Morgan fingerprint density at radius 1 is 1.25 bits per heavy atom. The summed E-state index contributed by atoms with van der Waals surface area (Å²) < 4.78 is 44.4. The van der Waals surface area contributed by atoms with Gasteiger partial charge in [-0.2, -0.15) is 0 Å². The molecule has 112 valence electrons. The lowest BCUT2D eigenvalue weighted by molar-refractivity contribution is -0.113. The first kappa shape index (κ1) is 17.2. The van der Waals surface area contributed by atoms with Crippen molar-refractivity contribution < 1.29 is 21.6 Å². The maximum Gasteiger partial charge on any atom is 0.261 e. The van der Waals surface area contributed by atoms with Crippen LogP contribution in [0.15, 0.2) is 17.0 Å². The van der Waals surface area contributed by atoms with E-state index in [0.29, 0.717) is 5.56 Å². The average Bonchev–Trinajstić information content (AvgIpc) is 2.19. The molecule has 0 spiro atoms. The van der Waals surface area contributed by atoms with E-state index in [1.54, 1.807) is 0 Å². The van der Waals surface area contributed by atoms with Crippen LogP contribution in [0.5, 0.6) is 0 Å². The molecule has 1 aromatic rings. The Morgan fingerprint density at radius 3 is 2.20 bits per heavy atom. The summed E-state index contributed by atoms with van der Waals surface area (Å²) in [7, 11) is -2.22. The van der Waals surface area contributed by atoms with Crippen LogP contribution in [0, 0.1) is 6.92 Å². The molecule has 0 radical (unpaired) electrons. The summed E-state index contributed by atoms with van der Waals surface area (Å²) in [5.74, 6) is -1.46. The summed E-state index contributed by atoms with van der Waals surface area (Å²) in [6.45, 7) is 1.51.